The van der Waals surface area contributed by atoms with E-state index in [4.69, 9.17) is 30.8 Å². The second-order valence-corrected chi connectivity index (χ2v) is 4.55. The minimum atomic E-state index is -4.67. The summed E-state index contributed by atoms with van der Waals surface area (Å²) in [5, 5.41) is 0. The first kappa shape index (κ1) is 20.5. The first-order valence-corrected chi connectivity index (χ1v) is 7.45. The lowest BCUT2D eigenvalue weighted by molar-refractivity contribution is 0.380. The zero-order valence-corrected chi connectivity index (χ0v) is 12.1. The molecule has 1 unspecified atom stereocenters. The number of hydrogen-bond acceptors (Lipinski definition) is 5. The number of imidazole rings is 1. The molecule has 0 aliphatic rings. The van der Waals surface area contributed by atoms with E-state index < -0.39 is 21.8 Å². The molecule has 0 spiro atoms. The fraction of sp³-hybridized carbons (Fsp3) is 0.625. The summed E-state index contributed by atoms with van der Waals surface area (Å²) < 4.78 is 57.7. The van der Waals surface area contributed by atoms with Gasteiger partial charge in [-0.15, -0.1) is 0 Å². The van der Waals surface area contributed by atoms with E-state index in [0.717, 1.165) is 6.42 Å². The van der Waals surface area contributed by atoms with E-state index in [1.807, 2.05) is 19.4 Å². The van der Waals surface area contributed by atoms with Gasteiger partial charge in [0, 0.05) is 25.9 Å². The third-order valence-electron chi connectivity index (χ3n) is 1.67. The number of aryl methyl sites for hydroxylation is 2. The van der Waals surface area contributed by atoms with Crippen LogP contribution in [0.1, 0.15) is 25.6 Å². The average Bonchev–Trinajstić information content (AvgIpc) is 2.57. The smallest absolute Gasteiger partial charge is 0.394 e. The van der Waals surface area contributed by atoms with Crippen molar-refractivity contribution in [3.05, 3.63) is 18.2 Å². The van der Waals surface area contributed by atoms with Crippen LogP contribution in [0.25, 0.3) is 0 Å². The molecular weight excluding hydrogens is 300 g/mol. The molecule has 0 amide bonds. The molecule has 1 aromatic rings. The van der Waals surface area contributed by atoms with Crippen LogP contribution in [0, 0.1) is 0 Å². The minimum absolute atomic E-state index is 1.11. The Labute approximate surface area is 114 Å². The van der Waals surface area contributed by atoms with Gasteiger partial charge in [0.1, 0.15) is 5.82 Å². The standard InChI is InChI=1S/C8H14N2.H2O4S.H2O3S/c1-3-4-5-8-9-6-7-10(8)2;1-5(2,3)4;1-4(2)3/h6-7H,3-5H2,1-2H3;(H2,1,2,3,4);(H2,1,2,3)/p-1. The van der Waals surface area contributed by atoms with Crippen molar-refractivity contribution in [1.82, 2.24) is 9.55 Å². The maximum Gasteiger partial charge on any atom is 0.394 e. The van der Waals surface area contributed by atoms with Gasteiger partial charge in [0.15, 0.2) is 0 Å². The molecule has 0 saturated carbocycles. The molecule has 1 atom stereocenters. The molecule has 1 rings (SSSR count). The van der Waals surface area contributed by atoms with Crippen LogP contribution in [0.3, 0.4) is 0 Å². The average molecular weight is 317 g/mol. The van der Waals surface area contributed by atoms with Crippen LogP contribution in [-0.2, 0) is 35.2 Å². The van der Waals surface area contributed by atoms with Crippen molar-refractivity contribution in [1.29, 1.82) is 0 Å². The summed E-state index contributed by atoms with van der Waals surface area (Å²) in [6.45, 7) is 2.20. The van der Waals surface area contributed by atoms with E-state index >= 15 is 0 Å². The van der Waals surface area contributed by atoms with Gasteiger partial charge < -0.3 is 13.7 Å². The second-order valence-electron chi connectivity index (χ2n) is 3.22. The summed E-state index contributed by atoms with van der Waals surface area (Å²) in [5.74, 6) is 1.20. The van der Waals surface area contributed by atoms with Crippen molar-refractivity contribution in [3.63, 3.8) is 0 Å². The van der Waals surface area contributed by atoms with Gasteiger partial charge in [-0.25, -0.2) is 9.19 Å². The topological polar surface area (TPSA) is 153 Å². The van der Waals surface area contributed by atoms with Gasteiger partial charge >= 0.3 is 10.4 Å². The Hall–Kier alpha value is -0.850. The van der Waals surface area contributed by atoms with Crippen molar-refractivity contribution in [2.24, 2.45) is 7.05 Å². The number of rotatable bonds is 3. The Morgan fingerprint density at radius 1 is 1.47 bits per heavy atom. The number of nitrogens with zero attached hydrogens (tertiary/aromatic N) is 2. The lowest BCUT2D eigenvalue weighted by atomic mass is 10.2. The molecule has 0 saturated heterocycles. The molecule has 0 aliphatic heterocycles. The quantitative estimate of drug-likeness (QED) is 0.536. The highest BCUT2D eigenvalue weighted by Gasteiger charge is 1.95. The molecule has 0 fully saturated rings. The van der Waals surface area contributed by atoms with Gasteiger partial charge in [-0.05, 0) is 6.42 Å². The molecule has 114 valence electrons. The molecule has 0 aliphatic carbocycles. The first-order valence-electron chi connectivity index (χ1n) is 5.02. The predicted octanol–water partition coefficient (Wildman–Crippen LogP) is 0.448. The number of unbranched alkanes of at least 4 members (excludes halogenated alkanes) is 1. The number of hydrogen-bond donors (Lipinski definition) is 3. The molecule has 0 bridgehead atoms. The van der Waals surface area contributed by atoms with Crippen LogP contribution in [0.5, 0.6) is 0 Å². The van der Waals surface area contributed by atoms with Gasteiger partial charge in [0.05, 0.1) is 11.4 Å². The van der Waals surface area contributed by atoms with Crippen molar-refractivity contribution >= 4 is 21.8 Å². The van der Waals surface area contributed by atoms with E-state index in [1.54, 1.807) is 0 Å². The van der Waals surface area contributed by atoms with Gasteiger partial charge in [0.2, 0.25) is 0 Å². The van der Waals surface area contributed by atoms with Crippen LogP contribution in [0.4, 0.5) is 0 Å². The van der Waals surface area contributed by atoms with Gasteiger partial charge in [-0.2, -0.15) is 8.42 Å². The Kier molecular flexibility index (Phi) is 11.9. The Morgan fingerprint density at radius 3 is 2.16 bits per heavy atom. The summed E-state index contributed by atoms with van der Waals surface area (Å²) in [4.78, 5) is 4.22. The molecule has 19 heavy (non-hydrogen) atoms. The van der Waals surface area contributed by atoms with Gasteiger partial charge in [-0.1, -0.05) is 13.3 Å². The van der Waals surface area contributed by atoms with Crippen LogP contribution in [0.2, 0.25) is 0 Å². The van der Waals surface area contributed by atoms with E-state index in [1.165, 1.54) is 18.7 Å². The maximum atomic E-state index is 8.74. The van der Waals surface area contributed by atoms with E-state index in [0.29, 0.717) is 0 Å². The van der Waals surface area contributed by atoms with Crippen LogP contribution >= 0.6 is 0 Å². The zero-order valence-electron chi connectivity index (χ0n) is 10.5. The lowest BCUT2D eigenvalue weighted by Gasteiger charge is -1.97. The second kappa shape index (κ2) is 11.0. The summed E-state index contributed by atoms with van der Waals surface area (Å²) in [6.07, 6.45) is 7.44. The SMILES string of the molecule is CCCCc1nccn1C.O=S(=O)(O)O.O=S([O-])O. The fourth-order valence-electron chi connectivity index (χ4n) is 0.972. The number of aromatic nitrogens is 2. The third kappa shape index (κ3) is 22.8. The fourth-order valence-corrected chi connectivity index (χ4v) is 0.972. The highest BCUT2D eigenvalue weighted by molar-refractivity contribution is 7.79. The lowest BCUT2D eigenvalue weighted by Crippen LogP contribution is -1.96. The molecule has 1 heterocycles. The predicted molar refractivity (Wildman–Crippen MR) is 67.5 cm³/mol. The largest absolute Gasteiger partial charge is 0.750 e. The minimum Gasteiger partial charge on any atom is -0.750 e. The van der Waals surface area contributed by atoms with Crippen molar-refractivity contribution in [2.45, 2.75) is 26.2 Å². The third-order valence-corrected chi connectivity index (χ3v) is 1.67. The van der Waals surface area contributed by atoms with E-state index in [2.05, 4.69) is 16.5 Å². The summed E-state index contributed by atoms with van der Waals surface area (Å²) in [5.41, 5.74) is 0. The van der Waals surface area contributed by atoms with Crippen molar-refractivity contribution in [2.75, 3.05) is 0 Å². The maximum absolute atomic E-state index is 8.74. The molecule has 0 aromatic carbocycles. The molecule has 9 nitrogen and oxygen atoms in total. The van der Waals surface area contributed by atoms with E-state index in [-0.39, 0.29) is 0 Å². The van der Waals surface area contributed by atoms with Crippen LogP contribution < -0.4 is 0 Å². The summed E-state index contributed by atoms with van der Waals surface area (Å²) >= 11 is -2.86. The van der Waals surface area contributed by atoms with Crippen molar-refractivity contribution < 1.29 is 30.8 Å². The van der Waals surface area contributed by atoms with Gasteiger partial charge in [-0.3, -0.25) is 9.11 Å². The molecule has 1 aromatic heterocycles. The summed E-state index contributed by atoms with van der Waals surface area (Å²) in [6, 6.07) is 0. The monoisotopic (exact) mass is 317 g/mol. The first-order chi connectivity index (χ1) is 8.57. The van der Waals surface area contributed by atoms with Crippen LogP contribution in [0.15, 0.2) is 12.4 Å². The Bertz CT molecular complexity index is 445. The highest BCUT2D eigenvalue weighted by atomic mass is 32.3. The summed E-state index contributed by atoms with van der Waals surface area (Å²) in [7, 11) is -2.63. The Balaban J connectivity index is 0. The Morgan fingerprint density at radius 2 is 1.89 bits per heavy atom. The van der Waals surface area contributed by atoms with Crippen molar-refractivity contribution in [3.8, 4) is 0 Å². The van der Waals surface area contributed by atoms with Crippen LogP contribution in [-0.4, -0.2) is 40.4 Å². The zero-order chi connectivity index (χ0) is 15.5. The molecule has 11 heteroatoms. The normalized spacial score (nSPS) is 11.7. The molecule has 0 radical (unpaired) electrons. The van der Waals surface area contributed by atoms with Gasteiger partial charge in [0.25, 0.3) is 0 Å². The molecule has 3 N–H and O–H groups in total. The highest BCUT2D eigenvalue weighted by Crippen LogP contribution is 2.00. The molecular formula is C8H17N2O7S2-. The van der Waals surface area contributed by atoms with E-state index in [9.17, 15) is 0 Å².